The first kappa shape index (κ1) is 13.3. The average molecular weight is 280 g/mol. The van der Waals surface area contributed by atoms with Crippen molar-refractivity contribution in [3.8, 4) is 6.07 Å². The number of benzene rings is 1. The summed E-state index contributed by atoms with van der Waals surface area (Å²) in [6.45, 7) is 0.762. The van der Waals surface area contributed by atoms with Gasteiger partial charge in [-0.3, -0.25) is 0 Å². The van der Waals surface area contributed by atoms with E-state index in [1.807, 2.05) is 6.07 Å². The summed E-state index contributed by atoms with van der Waals surface area (Å²) >= 11 is 0. The SMILES string of the molecule is N#Cc1cc(C(F)(F)F)ccc1NCC1(C2CC2)CC1. The second kappa shape index (κ2) is 4.41. The number of hydrogen-bond acceptors (Lipinski definition) is 2. The van der Waals surface area contributed by atoms with Crippen LogP contribution in [0.5, 0.6) is 0 Å². The summed E-state index contributed by atoms with van der Waals surface area (Å²) in [6, 6.07) is 5.16. The zero-order valence-corrected chi connectivity index (χ0v) is 10.9. The lowest BCUT2D eigenvalue weighted by Gasteiger charge is -2.17. The first-order valence-corrected chi connectivity index (χ1v) is 6.80. The molecule has 0 atom stereocenters. The average Bonchev–Trinajstić information content (AvgIpc) is 3.27. The monoisotopic (exact) mass is 280 g/mol. The van der Waals surface area contributed by atoms with E-state index < -0.39 is 11.7 Å². The van der Waals surface area contributed by atoms with Gasteiger partial charge in [0, 0.05) is 6.54 Å². The lowest BCUT2D eigenvalue weighted by Crippen LogP contribution is -2.18. The first-order chi connectivity index (χ1) is 9.44. The molecule has 0 bridgehead atoms. The summed E-state index contributed by atoms with van der Waals surface area (Å²) in [5.74, 6) is 0.773. The molecule has 2 nitrogen and oxygen atoms in total. The van der Waals surface area contributed by atoms with E-state index in [1.165, 1.54) is 31.7 Å². The Bertz CT molecular complexity index is 563. The summed E-state index contributed by atoms with van der Waals surface area (Å²) < 4.78 is 37.8. The number of halogens is 3. The van der Waals surface area contributed by atoms with Gasteiger partial charge in [0.1, 0.15) is 6.07 Å². The highest BCUT2D eigenvalue weighted by atomic mass is 19.4. The quantitative estimate of drug-likeness (QED) is 0.898. The first-order valence-electron chi connectivity index (χ1n) is 6.80. The Morgan fingerprint density at radius 2 is 2.00 bits per heavy atom. The van der Waals surface area contributed by atoms with Crippen LogP contribution in [0.3, 0.4) is 0 Å². The third kappa shape index (κ3) is 2.47. The van der Waals surface area contributed by atoms with Crippen LogP contribution in [0.15, 0.2) is 18.2 Å². The van der Waals surface area contributed by atoms with Crippen LogP contribution in [0, 0.1) is 22.7 Å². The largest absolute Gasteiger partial charge is 0.416 e. The Morgan fingerprint density at radius 3 is 2.50 bits per heavy atom. The van der Waals surface area contributed by atoms with E-state index >= 15 is 0 Å². The predicted molar refractivity (Wildman–Crippen MR) is 69.0 cm³/mol. The van der Waals surface area contributed by atoms with Gasteiger partial charge in [-0.05, 0) is 55.2 Å². The number of nitrogens with one attached hydrogen (secondary N) is 1. The van der Waals surface area contributed by atoms with Gasteiger partial charge >= 0.3 is 6.18 Å². The van der Waals surface area contributed by atoms with Gasteiger partial charge in [0.25, 0.3) is 0 Å². The molecule has 0 saturated heterocycles. The highest BCUT2D eigenvalue weighted by Crippen LogP contribution is 2.61. The lowest BCUT2D eigenvalue weighted by atomic mass is 10.00. The fourth-order valence-electron chi connectivity index (χ4n) is 2.82. The second-order valence-corrected chi connectivity index (χ2v) is 5.86. The van der Waals surface area contributed by atoms with Crippen molar-refractivity contribution in [2.45, 2.75) is 31.9 Å². The summed E-state index contributed by atoms with van der Waals surface area (Å²) in [6.07, 6.45) is 0.496. The Labute approximate surface area is 115 Å². The molecular formula is C15H15F3N2. The van der Waals surface area contributed by atoms with E-state index in [-0.39, 0.29) is 5.56 Å². The van der Waals surface area contributed by atoms with Gasteiger partial charge in [0.15, 0.2) is 0 Å². The summed E-state index contributed by atoms with van der Waals surface area (Å²) in [4.78, 5) is 0. The molecule has 0 aliphatic heterocycles. The van der Waals surface area contributed by atoms with Crippen molar-refractivity contribution in [3.63, 3.8) is 0 Å². The summed E-state index contributed by atoms with van der Waals surface area (Å²) in [5, 5.41) is 12.2. The zero-order chi connectivity index (χ0) is 14.4. The van der Waals surface area contributed by atoms with E-state index in [4.69, 9.17) is 5.26 Å². The van der Waals surface area contributed by atoms with Crippen LogP contribution in [0.1, 0.15) is 36.8 Å². The van der Waals surface area contributed by atoms with E-state index in [0.29, 0.717) is 11.1 Å². The molecule has 0 unspecified atom stereocenters. The molecular weight excluding hydrogens is 265 g/mol. The van der Waals surface area contributed by atoms with E-state index in [2.05, 4.69) is 5.32 Å². The van der Waals surface area contributed by atoms with Crippen molar-refractivity contribution in [2.24, 2.45) is 11.3 Å². The van der Waals surface area contributed by atoms with Crippen molar-refractivity contribution in [1.29, 1.82) is 5.26 Å². The Hall–Kier alpha value is -1.70. The maximum Gasteiger partial charge on any atom is 0.416 e. The van der Waals surface area contributed by atoms with Gasteiger partial charge in [-0.1, -0.05) is 0 Å². The Balaban J connectivity index is 1.75. The molecule has 2 aliphatic rings. The van der Waals surface area contributed by atoms with Crippen molar-refractivity contribution >= 4 is 5.69 Å². The number of hydrogen-bond donors (Lipinski definition) is 1. The molecule has 1 aromatic rings. The van der Waals surface area contributed by atoms with Crippen LogP contribution in [0.2, 0.25) is 0 Å². The standard InChI is InChI=1S/C15H15F3N2/c16-15(17,18)12-3-4-13(10(7-12)8-19)20-9-14(5-6-14)11-1-2-11/h3-4,7,11,20H,1-2,5-6,9H2. The normalized spacial score (nSPS) is 20.3. The number of alkyl halides is 3. The molecule has 0 spiro atoms. The summed E-state index contributed by atoms with van der Waals surface area (Å²) in [7, 11) is 0. The predicted octanol–water partition coefficient (Wildman–Crippen LogP) is 4.18. The molecule has 5 heteroatoms. The Kier molecular flexibility index (Phi) is 2.93. The zero-order valence-electron chi connectivity index (χ0n) is 10.9. The summed E-state index contributed by atoms with van der Waals surface area (Å²) in [5.41, 5.74) is 0.136. The lowest BCUT2D eigenvalue weighted by molar-refractivity contribution is -0.137. The van der Waals surface area contributed by atoms with Crippen molar-refractivity contribution in [3.05, 3.63) is 29.3 Å². The molecule has 0 amide bonds. The van der Waals surface area contributed by atoms with Gasteiger partial charge in [-0.25, -0.2) is 0 Å². The highest BCUT2D eigenvalue weighted by Gasteiger charge is 2.53. The number of anilines is 1. The molecule has 1 aromatic carbocycles. The topological polar surface area (TPSA) is 35.8 Å². The maximum absolute atomic E-state index is 12.6. The van der Waals surface area contributed by atoms with Gasteiger partial charge in [0.05, 0.1) is 16.8 Å². The molecule has 20 heavy (non-hydrogen) atoms. The van der Waals surface area contributed by atoms with Gasteiger partial charge < -0.3 is 5.32 Å². The molecule has 0 aromatic heterocycles. The van der Waals surface area contributed by atoms with Crippen LogP contribution >= 0.6 is 0 Å². The van der Waals surface area contributed by atoms with Crippen LogP contribution in [-0.2, 0) is 6.18 Å². The molecule has 3 rings (SSSR count). The van der Waals surface area contributed by atoms with Gasteiger partial charge in [-0.2, -0.15) is 18.4 Å². The van der Waals surface area contributed by atoms with E-state index in [9.17, 15) is 13.2 Å². The van der Waals surface area contributed by atoms with Crippen LogP contribution < -0.4 is 5.32 Å². The maximum atomic E-state index is 12.6. The minimum absolute atomic E-state index is 0.0615. The molecule has 106 valence electrons. The number of rotatable bonds is 4. The van der Waals surface area contributed by atoms with Crippen LogP contribution in [0.25, 0.3) is 0 Å². The van der Waals surface area contributed by atoms with Gasteiger partial charge in [-0.15, -0.1) is 0 Å². The third-order valence-corrected chi connectivity index (χ3v) is 4.43. The smallest absolute Gasteiger partial charge is 0.383 e. The Morgan fingerprint density at radius 1 is 1.30 bits per heavy atom. The highest BCUT2D eigenvalue weighted by molar-refractivity contribution is 5.59. The van der Waals surface area contributed by atoms with E-state index in [0.717, 1.165) is 24.6 Å². The van der Waals surface area contributed by atoms with Crippen molar-refractivity contribution in [1.82, 2.24) is 0 Å². The van der Waals surface area contributed by atoms with Gasteiger partial charge in [0.2, 0.25) is 0 Å². The molecule has 0 heterocycles. The molecule has 1 N–H and O–H groups in total. The molecule has 2 fully saturated rings. The number of nitriles is 1. The molecule has 0 radical (unpaired) electrons. The van der Waals surface area contributed by atoms with Crippen LogP contribution in [0.4, 0.5) is 18.9 Å². The van der Waals surface area contributed by atoms with Crippen LogP contribution in [-0.4, -0.2) is 6.54 Å². The fraction of sp³-hybridized carbons (Fsp3) is 0.533. The number of nitrogens with zero attached hydrogens (tertiary/aromatic N) is 1. The molecule has 2 aliphatic carbocycles. The third-order valence-electron chi connectivity index (χ3n) is 4.43. The fourth-order valence-corrected chi connectivity index (χ4v) is 2.82. The minimum atomic E-state index is -4.41. The minimum Gasteiger partial charge on any atom is -0.383 e. The van der Waals surface area contributed by atoms with Crippen molar-refractivity contribution < 1.29 is 13.2 Å². The molecule has 2 saturated carbocycles. The second-order valence-electron chi connectivity index (χ2n) is 5.86. The van der Waals surface area contributed by atoms with Crippen molar-refractivity contribution in [2.75, 3.05) is 11.9 Å². The van der Waals surface area contributed by atoms with E-state index in [1.54, 1.807) is 0 Å².